The zero-order chi connectivity index (χ0) is 14.5. The normalized spacial score (nSPS) is 29.8. The summed E-state index contributed by atoms with van der Waals surface area (Å²) >= 11 is 0. The summed E-state index contributed by atoms with van der Waals surface area (Å²) in [6, 6.07) is 8.31. The predicted molar refractivity (Wildman–Crippen MR) is 71.0 cm³/mol. The van der Waals surface area contributed by atoms with E-state index in [2.05, 4.69) is 5.32 Å². The van der Waals surface area contributed by atoms with E-state index in [9.17, 15) is 15.0 Å². The molecule has 110 valence electrons. The van der Waals surface area contributed by atoms with Gasteiger partial charge < -0.3 is 25.0 Å². The lowest BCUT2D eigenvalue weighted by molar-refractivity contribution is -0.202. The summed E-state index contributed by atoms with van der Waals surface area (Å²) in [4.78, 5) is 11.2. The Bertz CT molecular complexity index is 438. The minimum atomic E-state index is -0.845. The van der Waals surface area contributed by atoms with Crippen LogP contribution >= 0.6 is 0 Å². The Morgan fingerprint density at radius 1 is 1.45 bits per heavy atom. The Hall–Kier alpha value is -1.63. The molecule has 0 bridgehead atoms. The third-order valence-corrected chi connectivity index (χ3v) is 3.11. The van der Waals surface area contributed by atoms with Crippen molar-refractivity contribution in [1.82, 2.24) is 5.32 Å². The van der Waals surface area contributed by atoms with Crippen LogP contribution < -0.4 is 10.1 Å². The summed E-state index contributed by atoms with van der Waals surface area (Å²) in [7, 11) is 0. The van der Waals surface area contributed by atoms with Gasteiger partial charge in [-0.2, -0.15) is 0 Å². The van der Waals surface area contributed by atoms with E-state index in [1.807, 2.05) is 18.2 Å². The summed E-state index contributed by atoms with van der Waals surface area (Å²) in [6.07, 6.45) is -1.94. The van der Waals surface area contributed by atoms with Gasteiger partial charge in [0.05, 0.1) is 18.8 Å². The summed E-state index contributed by atoms with van der Waals surface area (Å²) in [5.41, 5.74) is 0. The topological polar surface area (TPSA) is 88.0 Å². The van der Waals surface area contributed by atoms with Gasteiger partial charge in [-0.3, -0.25) is 4.79 Å². The standard InChI is InChI=1S/C14H19NO5/c1-9(17)15-13-12(18)7-11(8-16)20-14(13)19-10-5-3-2-4-6-10/h2-6,11-14,16,18H,7-8H2,1H3,(H,15,17)/t11-,12-,13+,14+/m0/s1. The first kappa shape index (κ1) is 14.8. The number of hydrogen-bond donors (Lipinski definition) is 3. The molecule has 1 fully saturated rings. The average molecular weight is 281 g/mol. The van der Waals surface area contributed by atoms with Crippen LogP contribution in [0, 0.1) is 0 Å². The van der Waals surface area contributed by atoms with Gasteiger partial charge >= 0.3 is 0 Å². The number of benzene rings is 1. The van der Waals surface area contributed by atoms with Crippen molar-refractivity contribution in [2.75, 3.05) is 6.61 Å². The van der Waals surface area contributed by atoms with Gasteiger partial charge in [0.2, 0.25) is 12.2 Å². The number of carbonyl (C=O) groups is 1. The molecule has 1 aromatic rings. The molecular formula is C14H19NO5. The Morgan fingerprint density at radius 2 is 2.15 bits per heavy atom. The van der Waals surface area contributed by atoms with Gasteiger partial charge in [-0.15, -0.1) is 0 Å². The number of amides is 1. The van der Waals surface area contributed by atoms with Crippen LogP contribution in [0.2, 0.25) is 0 Å². The van der Waals surface area contributed by atoms with E-state index in [-0.39, 0.29) is 18.9 Å². The van der Waals surface area contributed by atoms with Crippen LogP contribution in [0.15, 0.2) is 30.3 Å². The molecule has 0 saturated carbocycles. The third-order valence-electron chi connectivity index (χ3n) is 3.11. The molecule has 6 nitrogen and oxygen atoms in total. The summed E-state index contributed by atoms with van der Waals surface area (Å²) in [6.45, 7) is 1.16. The number of carbonyl (C=O) groups excluding carboxylic acids is 1. The SMILES string of the molecule is CC(=O)N[C@H]1[C@H](Oc2ccccc2)O[C@H](CO)C[C@@H]1O. The fraction of sp³-hybridized carbons (Fsp3) is 0.500. The van der Waals surface area contributed by atoms with E-state index in [1.165, 1.54) is 6.92 Å². The van der Waals surface area contributed by atoms with Crippen molar-refractivity contribution in [3.63, 3.8) is 0 Å². The van der Waals surface area contributed by atoms with Crippen LogP contribution in [0.5, 0.6) is 5.75 Å². The lowest BCUT2D eigenvalue weighted by atomic mass is 10.00. The number of nitrogens with one attached hydrogen (secondary N) is 1. The second kappa shape index (κ2) is 6.69. The van der Waals surface area contributed by atoms with Gasteiger partial charge in [0.25, 0.3) is 0 Å². The van der Waals surface area contributed by atoms with Gasteiger partial charge in [0.15, 0.2) is 0 Å². The van der Waals surface area contributed by atoms with Crippen LogP contribution in [0.3, 0.4) is 0 Å². The zero-order valence-corrected chi connectivity index (χ0v) is 11.2. The van der Waals surface area contributed by atoms with E-state index in [0.29, 0.717) is 5.75 Å². The monoisotopic (exact) mass is 281 g/mol. The van der Waals surface area contributed by atoms with Crippen molar-refractivity contribution in [2.24, 2.45) is 0 Å². The molecule has 0 radical (unpaired) electrons. The smallest absolute Gasteiger partial charge is 0.223 e. The Morgan fingerprint density at radius 3 is 2.75 bits per heavy atom. The van der Waals surface area contributed by atoms with Crippen molar-refractivity contribution in [2.45, 2.75) is 37.9 Å². The third kappa shape index (κ3) is 3.69. The molecule has 1 saturated heterocycles. The minimum Gasteiger partial charge on any atom is -0.463 e. The highest BCUT2D eigenvalue weighted by Gasteiger charge is 2.39. The molecule has 20 heavy (non-hydrogen) atoms. The molecule has 6 heteroatoms. The van der Waals surface area contributed by atoms with E-state index in [0.717, 1.165) is 0 Å². The maximum atomic E-state index is 11.2. The lowest BCUT2D eigenvalue weighted by Gasteiger charge is -2.39. The van der Waals surface area contributed by atoms with Crippen LogP contribution in [-0.2, 0) is 9.53 Å². The molecule has 1 heterocycles. The molecule has 1 amide bonds. The van der Waals surface area contributed by atoms with Crippen molar-refractivity contribution < 1.29 is 24.5 Å². The molecule has 0 aromatic heterocycles. The first-order valence-corrected chi connectivity index (χ1v) is 6.53. The highest BCUT2D eigenvalue weighted by Crippen LogP contribution is 2.23. The van der Waals surface area contributed by atoms with Crippen LogP contribution in [0.25, 0.3) is 0 Å². The van der Waals surface area contributed by atoms with Gasteiger partial charge in [0, 0.05) is 13.3 Å². The summed E-state index contributed by atoms with van der Waals surface area (Å²) in [5.74, 6) is 0.292. The van der Waals surface area contributed by atoms with E-state index >= 15 is 0 Å². The largest absolute Gasteiger partial charge is 0.463 e. The van der Waals surface area contributed by atoms with Crippen LogP contribution in [0.4, 0.5) is 0 Å². The zero-order valence-electron chi connectivity index (χ0n) is 11.2. The number of aliphatic hydroxyl groups is 2. The fourth-order valence-electron chi connectivity index (χ4n) is 2.18. The maximum absolute atomic E-state index is 11.2. The number of rotatable bonds is 4. The molecule has 1 aromatic carbocycles. The first-order chi connectivity index (χ1) is 9.60. The summed E-state index contributed by atoms with van der Waals surface area (Å²) < 4.78 is 11.2. The Balaban J connectivity index is 2.12. The van der Waals surface area contributed by atoms with Crippen LogP contribution in [-0.4, -0.2) is 47.3 Å². The fourth-order valence-corrected chi connectivity index (χ4v) is 2.18. The second-order valence-corrected chi connectivity index (χ2v) is 4.77. The molecule has 0 unspecified atom stereocenters. The van der Waals surface area contributed by atoms with E-state index in [1.54, 1.807) is 12.1 Å². The van der Waals surface area contributed by atoms with Crippen molar-refractivity contribution >= 4 is 5.91 Å². The second-order valence-electron chi connectivity index (χ2n) is 4.77. The maximum Gasteiger partial charge on any atom is 0.223 e. The molecule has 1 aliphatic rings. The number of hydrogen-bond acceptors (Lipinski definition) is 5. The van der Waals surface area contributed by atoms with Gasteiger partial charge in [-0.1, -0.05) is 18.2 Å². The molecule has 1 aliphatic heterocycles. The van der Waals surface area contributed by atoms with Crippen LogP contribution in [0.1, 0.15) is 13.3 Å². The van der Waals surface area contributed by atoms with Gasteiger partial charge in [0.1, 0.15) is 11.8 Å². The number of para-hydroxylation sites is 1. The van der Waals surface area contributed by atoms with Gasteiger partial charge in [-0.25, -0.2) is 0 Å². The van der Waals surface area contributed by atoms with Crippen molar-refractivity contribution in [1.29, 1.82) is 0 Å². The first-order valence-electron chi connectivity index (χ1n) is 6.53. The Labute approximate surface area is 117 Å². The quantitative estimate of drug-likeness (QED) is 0.725. The Kier molecular flexibility index (Phi) is 4.94. The molecule has 0 spiro atoms. The van der Waals surface area contributed by atoms with E-state index < -0.39 is 24.5 Å². The number of ether oxygens (including phenoxy) is 2. The van der Waals surface area contributed by atoms with E-state index in [4.69, 9.17) is 9.47 Å². The van der Waals surface area contributed by atoms with Gasteiger partial charge in [-0.05, 0) is 12.1 Å². The summed E-state index contributed by atoms with van der Waals surface area (Å²) in [5, 5.41) is 21.9. The highest BCUT2D eigenvalue weighted by molar-refractivity contribution is 5.73. The highest BCUT2D eigenvalue weighted by atomic mass is 16.7. The molecule has 2 rings (SSSR count). The number of aliphatic hydroxyl groups excluding tert-OH is 2. The van der Waals surface area contributed by atoms with Crippen molar-refractivity contribution in [3.8, 4) is 5.75 Å². The lowest BCUT2D eigenvalue weighted by Crippen LogP contribution is -2.59. The predicted octanol–water partition coefficient (Wildman–Crippen LogP) is 0.0383. The molecule has 3 N–H and O–H groups in total. The minimum absolute atomic E-state index is 0.210. The molecular weight excluding hydrogens is 262 g/mol. The average Bonchev–Trinajstić information content (AvgIpc) is 2.43. The molecule has 4 atom stereocenters. The van der Waals surface area contributed by atoms with Crippen molar-refractivity contribution in [3.05, 3.63) is 30.3 Å². The molecule has 0 aliphatic carbocycles.